The predicted octanol–water partition coefficient (Wildman–Crippen LogP) is 1.07. The number of carbonyl (C=O) groups is 1. The molecule has 1 rings (SSSR count). The average Bonchev–Trinajstić information content (AvgIpc) is 2.59. The van der Waals surface area contributed by atoms with Crippen molar-refractivity contribution in [3.8, 4) is 0 Å². The molecule has 14 heavy (non-hydrogen) atoms. The number of nitrogens with zero attached hydrogens (tertiary/aromatic N) is 2. The number of methoxy groups -OCH3 is 1. The van der Waals surface area contributed by atoms with Gasteiger partial charge >= 0.3 is 5.97 Å². The van der Waals surface area contributed by atoms with Crippen LogP contribution in [0.4, 0.5) is 5.13 Å². The predicted molar refractivity (Wildman–Crippen MR) is 54.3 cm³/mol. The molecule has 1 aromatic rings. The van der Waals surface area contributed by atoms with E-state index < -0.39 is 0 Å². The van der Waals surface area contributed by atoms with Gasteiger partial charge in [-0.1, -0.05) is 18.3 Å². The van der Waals surface area contributed by atoms with Gasteiger partial charge in [-0.2, -0.15) is 0 Å². The Hall–Kier alpha value is -1.17. The maximum atomic E-state index is 11.0. The lowest BCUT2D eigenvalue weighted by molar-refractivity contribution is -0.144. The van der Waals surface area contributed by atoms with Gasteiger partial charge in [-0.05, 0) is 6.92 Å². The summed E-state index contributed by atoms with van der Waals surface area (Å²) in [5.74, 6) is -0.400. The van der Waals surface area contributed by atoms with E-state index in [1.807, 2.05) is 6.92 Å². The van der Waals surface area contributed by atoms with E-state index >= 15 is 0 Å². The molecule has 0 amide bonds. The Morgan fingerprint density at radius 1 is 1.64 bits per heavy atom. The lowest BCUT2D eigenvalue weighted by Crippen LogP contribution is -2.21. The number of hydrogen-bond acceptors (Lipinski definition) is 6. The average molecular weight is 215 g/mol. The van der Waals surface area contributed by atoms with Crippen molar-refractivity contribution in [1.29, 1.82) is 0 Å². The Kier molecular flexibility index (Phi) is 3.82. The number of anilines is 1. The number of rotatable bonds is 4. The highest BCUT2D eigenvalue weighted by molar-refractivity contribution is 7.15. The summed E-state index contributed by atoms with van der Waals surface area (Å²) >= 11 is 1.46. The van der Waals surface area contributed by atoms with Crippen molar-refractivity contribution in [1.82, 2.24) is 10.2 Å². The van der Waals surface area contributed by atoms with E-state index in [0.29, 0.717) is 6.54 Å². The number of ether oxygens (including phenoxy) is 1. The molecule has 0 aromatic carbocycles. The molecule has 0 aliphatic carbocycles. The molecule has 0 saturated heterocycles. The van der Waals surface area contributed by atoms with Crippen LogP contribution < -0.4 is 5.32 Å². The standard InChI is InChI=1S/C8H13N3O2S/c1-5(7(12)13-3)4-9-8-11-10-6(2)14-8/h5H,4H2,1-3H3,(H,9,11). The Labute approximate surface area is 86.5 Å². The second-order valence-electron chi connectivity index (χ2n) is 2.93. The van der Waals surface area contributed by atoms with Gasteiger partial charge in [-0.15, -0.1) is 10.2 Å². The molecule has 0 aliphatic heterocycles. The third-order valence-electron chi connectivity index (χ3n) is 1.69. The van der Waals surface area contributed by atoms with Crippen LogP contribution in [0.2, 0.25) is 0 Å². The van der Waals surface area contributed by atoms with Gasteiger partial charge in [-0.3, -0.25) is 4.79 Å². The summed E-state index contributed by atoms with van der Waals surface area (Å²) in [6, 6.07) is 0. The molecule has 78 valence electrons. The molecule has 1 N–H and O–H groups in total. The molecule has 1 atom stereocenters. The van der Waals surface area contributed by atoms with E-state index in [-0.39, 0.29) is 11.9 Å². The Balaban J connectivity index is 2.37. The van der Waals surface area contributed by atoms with Gasteiger partial charge in [0.1, 0.15) is 5.01 Å². The molecule has 5 nitrogen and oxygen atoms in total. The number of aryl methyl sites for hydroxylation is 1. The van der Waals surface area contributed by atoms with Crippen molar-refractivity contribution in [3.05, 3.63) is 5.01 Å². The number of hydrogen-bond donors (Lipinski definition) is 1. The van der Waals surface area contributed by atoms with Crippen LogP contribution in [0.1, 0.15) is 11.9 Å². The zero-order chi connectivity index (χ0) is 10.6. The molecular weight excluding hydrogens is 202 g/mol. The zero-order valence-corrected chi connectivity index (χ0v) is 9.22. The van der Waals surface area contributed by atoms with Gasteiger partial charge in [0.2, 0.25) is 5.13 Å². The summed E-state index contributed by atoms with van der Waals surface area (Å²) in [6.07, 6.45) is 0. The highest BCUT2D eigenvalue weighted by Gasteiger charge is 2.13. The van der Waals surface area contributed by atoms with Gasteiger partial charge in [0.05, 0.1) is 13.0 Å². The second-order valence-corrected chi connectivity index (χ2v) is 4.11. The smallest absolute Gasteiger partial charge is 0.310 e. The van der Waals surface area contributed by atoms with E-state index in [9.17, 15) is 4.79 Å². The molecule has 1 aromatic heterocycles. The highest BCUT2D eigenvalue weighted by atomic mass is 32.1. The molecule has 1 heterocycles. The Morgan fingerprint density at radius 3 is 2.86 bits per heavy atom. The van der Waals surface area contributed by atoms with Crippen LogP contribution >= 0.6 is 11.3 Å². The zero-order valence-electron chi connectivity index (χ0n) is 8.40. The molecule has 0 saturated carbocycles. The quantitative estimate of drug-likeness (QED) is 0.761. The summed E-state index contributed by atoms with van der Waals surface area (Å²) in [7, 11) is 1.38. The summed E-state index contributed by atoms with van der Waals surface area (Å²) < 4.78 is 4.59. The Bertz CT molecular complexity index is 313. The molecule has 0 spiro atoms. The summed E-state index contributed by atoms with van der Waals surface area (Å²) in [5, 5.41) is 12.4. The summed E-state index contributed by atoms with van der Waals surface area (Å²) in [5.41, 5.74) is 0. The van der Waals surface area contributed by atoms with E-state index in [2.05, 4.69) is 20.3 Å². The monoisotopic (exact) mass is 215 g/mol. The largest absolute Gasteiger partial charge is 0.469 e. The first-order valence-corrected chi connectivity index (χ1v) is 5.07. The van der Waals surface area contributed by atoms with Gasteiger partial charge < -0.3 is 10.1 Å². The van der Waals surface area contributed by atoms with Crippen LogP contribution in [-0.4, -0.2) is 29.8 Å². The topological polar surface area (TPSA) is 64.1 Å². The fraction of sp³-hybridized carbons (Fsp3) is 0.625. The van der Waals surface area contributed by atoms with Crippen molar-refractivity contribution in [2.45, 2.75) is 13.8 Å². The number of esters is 1. The molecule has 0 radical (unpaired) electrons. The fourth-order valence-electron chi connectivity index (χ4n) is 0.893. The third-order valence-corrected chi connectivity index (χ3v) is 2.49. The van der Waals surface area contributed by atoms with Crippen LogP contribution in [0, 0.1) is 12.8 Å². The van der Waals surface area contributed by atoms with Gasteiger partial charge in [0.15, 0.2) is 0 Å². The van der Waals surface area contributed by atoms with Crippen LogP contribution in [0.15, 0.2) is 0 Å². The minimum Gasteiger partial charge on any atom is -0.469 e. The first-order chi connectivity index (χ1) is 6.63. The summed E-state index contributed by atoms with van der Waals surface area (Å²) in [4.78, 5) is 11.0. The molecule has 1 unspecified atom stereocenters. The van der Waals surface area contributed by atoms with E-state index in [1.54, 1.807) is 6.92 Å². The van der Waals surface area contributed by atoms with Gasteiger partial charge in [-0.25, -0.2) is 0 Å². The first-order valence-electron chi connectivity index (χ1n) is 4.25. The highest BCUT2D eigenvalue weighted by Crippen LogP contribution is 2.14. The summed E-state index contributed by atoms with van der Waals surface area (Å²) in [6.45, 7) is 4.20. The lowest BCUT2D eigenvalue weighted by Gasteiger charge is -2.08. The number of nitrogens with one attached hydrogen (secondary N) is 1. The van der Waals surface area contributed by atoms with Crippen molar-refractivity contribution in [2.24, 2.45) is 5.92 Å². The van der Waals surface area contributed by atoms with E-state index in [4.69, 9.17) is 0 Å². The maximum Gasteiger partial charge on any atom is 0.310 e. The number of aromatic nitrogens is 2. The van der Waals surface area contributed by atoms with Crippen molar-refractivity contribution >= 4 is 22.4 Å². The minimum atomic E-state index is -0.223. The maximum absolute atomic E-state index is 11.0. The fourth-order valence-corrected chi connectivity index (χ4v) is 1.49. The van der Waals surface area contributed by atoms with Crippen LogP contribution in [-0.2, 0) is 9.53 Å². The molecule has 0 bridgehead atoms. The Morgan fingerprint density at radius 2 is 2.36 bits per heavy atom. The number of carbonyl (C=O) groups excluding carboxylic acids is 1. The molecule has 0 aliphatic rings. The molecule has 6 heteroatoms. The minimum absolute atomic E-state index is 0.177. The molecular formula is C8H13N3O2S. The lowest BCUT2D eigenvalue weighted by atomic mass is 10.2. The second kappa shape index (κ2) is 4.90. The van der Waals surface area contributed by atoms with Crippen LogP contribution in [0.3, 0.4) is 0 Å². The van der Waals surface area contributed by atoms with Crippen molar-refractivity contribution in [2.75, 3.05) is 19.0 Å². The third kappa shape index (κ3) is 2.95. The SMILES string of the molecule is COC(=O)C(C)CNc1nnc(C)s1. The van der Waals surface area contributed by atoms with E-state index in [1.165, 1.54) is 18.4 Å². The van der Waals surface area contributed by atoms with Crippen LogP contribution in [0.25, 0.3) is 0 Å². The van der Waals surface area contributed by atoms with Gasteiger partial charge in [0, 0.05) is 6.54 Å². The van der Waals surface area contributed by atoms with E-state index in [0.717, 1.165) is 10.1 Å². The first kappa shape index (κ1) is 10.9. The molecule has 0 fully saturated rings. The normalized spacial score (nSPS) is 12.2. The van der Waals surface area contributed by atoms with Crippen molar-refractivity contribution < 1.29 is 9.53 Å². The van der Waals surface area contributed by atoms with Gasteiger partial charge in [0.25, 0.3) is 0 Å². The van der Waals surface area contributed by atoms with Crippen molar-refractivity contribution in [3.63, 3.8) is 0 Å². The van der Waals surface area contributed by atoms with Crippen LogP contribution in [0.5, 0.6) is 0 Å².